The Morgan fingerprint density at radius 1 is 0.770 bits per heavy atom. The monoisotopic (exact) mass is 1030 g/mol. The number of H-pyrrole nitrogens is 2. The minimum absolute atomic E-state index is 0.0496. The van der Waals surface area contributed by atoms with Gasteiger partial charge >= 0.3 is 12.2 Å². The van der Waals surface area contributed by atoms with Crippen LogP contribution in [0.4, 0.5) is 14.0 Å². The van der Waals surface area contributed by atoms with Crippen molar-refractivity contribution in [3.05, 3.63) is 88.1 Å². The van der Waals surface area contributed by atoms with Crippen LogP contribution >= 0.6 is 11.3 Å². The van der Waals surface area contributed by atoms with Crippen LogP contribution in [-0.2, 0) is 23.8 Å². The summed E-state index contributed by atoms with van der Waals surface area (Å²) in [6.07, 6.45) is 9.25. The van der Waals surface area contributed by atoms with E-state index in [2.05, 4.69) is 43.4 Å². The molecule has 3 saturated heterocycles. The van der Waals surface area contributed by atoms with Crippen molar-refractivity contribution in [3.63, 3.8) is 0 Å². The zero-order valence-corrected chi connectivity index (χ0v) is 43.4. The molecular weight excluding hydrogens is 966 g/mol. The molecule has 8 atom stereocenters. The molecule has 11 rings (SSSR count). The summed E-state index contributed by atoms with van der Waals surface area (Å²) in [6, 6.07) is 13.7. The first kappa shape index (κ1) is 49.5. The molecule has 74 heavy (non-hydrogen) atoms. The van der Waals surface area contributed by atoms with Gasteiger partial charge in [-0.3, -0.25) is 14.2 Å². The molecule has 3 unspecified atom stereocenters. The zero-order valence-electron chi connectivity index (χ0n) is 42.6. The number of alkyl carbamates (subject to hydrolysis) is 2. The summed E-state index contributed by atoms with van der Waals surface area (Å²) in [6.45, 7) is 8.79. The van der Waals surface area contributed by atoms with Crippen molar-refractivity contribution in [2.24, 2.45) is 11.8 Å². The molecule has 390 valence electrons. The lowest BCUT2D eigenvalue weighted by Gasteiger charge is -2.38. The first-order valence-electron chi connectivity index (χ1n) is 26.1. The van der Waals surface area contributed by atoms with Gasteiger partial charge in [0.25, 0.3) is 0 Å². The third-order valence-corrected chi connectivity index (χ3v) is 17.1. The van der Waals surface area contributed by atoms with Crippen molar-refractivity contribution in [2.45, 2.75) is 134 Å². The highest BCUT2D eigenvalue weighted by molar-refractivity contribution is 7.12. The first-order chi connectivity index (χ1) is 35.8. The second kappa shape index (κ2) is 20.2. The maximum atomic E-state index is 17.0. The maximum Gasteiger partial charge on any atom is 0.407 e. The third-order valence-electron chi connectivity index (χ3n) is 15.9. The lowest BCUT2D eigenvalue weighted by Crippen LogP contribution is -2.54. The summed E-state index contributed by atoms with van der Waals surface area (Å²) in [5.41, 5.74) is 4.70. The number of hydrogen-bond donors (Lipinski definition) is 4. The van der Waals surface area contributed by atoms with E-state index in [9.17, 15) is 19.2 Å². The molecule has 4 amide bonds. The summed E-state index contributed by atoms with van der Waals surface area (Å²) in [5, 5.41) is 6.45. The second-order valence-corrected chi connectivity index (χ2v) is 22.2. The van der Waals surface area contributed by atoms with Crippen LogP contribution in [0.5, 0.6) is 5.75 Å². The molecule has 17 nitrogen and oxygen atoms in total. The molecule has 4 aromatic heterocycles. The largest absolute Gasteiger partial charge is 0.464 e. The number of imidazole rings is 2. The number of nitrogens with zero attached hydrogens (tertiary/aromatic N) is 5. The predicted octanol–water partition coefficient (Wildman–Crippen LogP) is 10.1. The molecular formula is C55H64FN9O8S. The smallest absolute Gasteiger partial charge is 0.407 e. The van der Waals surface area contributed by atoms with Crippen molar-refractivity contribution in [1.29, 1.82) is 0 Å². The van der Waals surface area contributed by atoms with Gasteiger partial charge in [-0.15, -0.1) is 11.3 Å². The summed E-state index contributed by atoms with van der Waals surface area (Å²) in [5.74, 6) is 1.06. The molecule has 0 radical (unpaired) electrons. The molecule has 4 fully saturated rings. The number of aromatic nitrogens is 5. The Hall–Kier alpha value is -6.73. The van der Waals surface area contributed by atoms with Crippen LogP contribution < -0.4 is 15.4 Å². The molecule has 5 aliphatic rings. The van der Waals surface area contributed by atoms with Gasteiger partial charge in [0.05, 0.1) is 83.9 Å². The lowest BCUT2D eigenvalue weighted by atomic mass is 9.84. The summed E-state index contributed by atoms with van der Waals surface area (Å²) < 4.78 is 41.9. The highest BCUT2D eigenvalue weighted by Crippen LogP contribution is 2.50. The van der Waals surface area contributed by atoms with E-state index in [1.807, 2.05) is 56.9 Å². The molecule has 0 bridgehead atoms. The number of likely N-dealkylation sites (tertiary alicyclic amines) is 2. The predicted molar refractivity (Wildman–Crippen MR) is 276 cm³/mol. The van der Waals surface area contributed by atoms with Crippen LogP contribution in [-0.4, -0.2) is 110 Å². The van der Waals surface area contributed by atoms with Crippen molar-refractivity contribution < 1.29 is 42.5 Å². The Labute approximate surface area is 432 Å². The molecule has 4 aliphatic heterocycles. The van der Waals surface area contributed by atoms with Crippen LogP contribution in [0, 0.1) is 17.7 Å². The van der Waals surface area contributed by atoms with Crippen LogP contribution in [0.1, 0.15) is 131 Å². The van der Waals surface area contributed by atoms with Crippen molar-refractivity contribution in [2.75, 3.05) is 27.3 Å². The minimum atomic E-state index is -0.771. The Kier molecular flexibility index (Phi) is 13.5. The lowest BCUT2D eigenvalue weighted by molar-refractivity contribution is -0.138. The quantitative estimate of drug-likeness (QED) is 0.0915. The van der Waals surface area contributed by atoms with E-state index in [0.717, 1.165) is 52.7 Å². The SMILES string of the molecule is COC(=O)NC(C(=O)N1CCC[C@H]1c1ncc(-c2ccc3c(c2)cc2n3C(c3ccc(C4CCC4)s3)Oc3cc(-c4cnc([C@@H]5CCCN5C(=O)[C@@H](NC(=O)OC)C(C)C)[nH]4)cc(F)c3-2)[nH]1)C1C[C@@H](C)O[C@@H](C)C1. The second-order valence-electron chi connectivity index (χ2n) is 21.0. The van der Waals surface area contributed by atoms with Crippen LogP contribution in [0.25, 0.3) is 44.7 Å². The number of thiophene rings is 1. The van der Waals surface area contributed by atoms with Gasteiger partial charge < -0.3 is 49.3 Å². The Morgan fingerprint density at radius 2 is 1.41 bits per heavy atom. The van der Waals surface area contributed by atoms with Gasteiger partial charge in [0.1, 0.15) is 35.3 Å². The Morgan fingerprint density at radius 3 is 2.04 bits per heavy atom. The summed E-state index contributed by atoms with van der Waals surface area (Å²) >= 11 is 1.75. The first-order valence-corrected chi connectivity index (χ1v) is 26.9. The fraction of sp³-hybridized carbons (Fsp3) is 0.491. The molecule has 1 aliphatic carbocycles. The molecule has 0 spiro atoms. The molecule has 6 aromatic rings. The number of carbonyl (C=O) groups excluding carboxylic acids is 4. The number of benzene rings is 2. The van der Waals surface area contributed by atoms with E-state index >= 15 is 4.39 Å². The van der Waals surface area contributed by atoms with Crippen LogP contribution in [0.15, 0.2) is 60.9 Å². The van der Waals surface area contributed by atoms with Gasteiger partial charge in [-0.1, -0.05) is 26.3 Å². The number of aromatic amines is 2. The standard InChI is InChI=1S/C55H64FN9O8S/c1-28(2)47(61-54(68)70-5)51(66)63-18-8-12-40(63)50-58-27-38(60-50)33-23-36(56)46-42-24-34-22-32(14-15-39(34)65(42)53(73-43(46)25-33)45-17-16-44(74-45)31-10-7-11-31)37-26-57-49(59-37)41-13-9-19-64(41)52(67)48(62-55(69)71-6)35-20-29(3)72-30(4)21-35/h14-17,22-31,35,40-41,47-48,53H,7-13,18-21H2,1-6H3,(H,57,59)(H,58,60)(H,61,68)(H,62,69)/t29-,30+,35?,40-,41-,47-,48?,53?/m0/s1. The van der Waals surface area contributed by atoms with Crippen LogP contribution in [0.2, 0.25) is 0 Å². The number of ether oxygens (including phenoxy) is 4. The average molecular weight is 1030 g/mol. The van der Waals surface area contributed by atoms with Gasteiger partial charge in [-0.25, -0.2) is 23.9 Å². The van der Waals surface area contributed by atoms with Crippen LogP contribution in [0.3, 0.4) is 0 Å². The number of amides is 4. The van der Waals surface area contributed by atoms with Gasteiger partial charge in [0.15, 0.2) is 0 Å². The number of carbonyl (C=O) groups is 4. The van der Waals surface area contributed by atoms with Gasteiger partial charge in [0, 0.05) is 34.5 Å². The zero-order chi connectivity index (χ0) is 51.5. The normalized spacial score (nSPS) is 23.5. The summed E-state index contributed by atoms with van der Waals surface area (Å²) in [4.78, 5) is 75.6. The van der Waals surface area contributed by atoms with E-state index in [0.29, 0.717) is 84.6 Å². The number of rotatable bonds is 12. The van der Waals surface area contributed by atoms with Gasteiger partial charge in [-0.05, 0) is 125 Å². The minimum Gasteiger partial charge on any atom is -0.464 e. The van der Waals surface area contributed by atoms with E-state index in [1.54, 1.807) is 28.6 Å². The fourth-order valence-corrected chi connectivity index (χ4v) is 13.2. The third kappa shape index (κ3) is 9.19. The van der Waals surface area contributed by atoms with E-state index < -0.39 is 36.3 Å². The topological polar surface area (TPSA) is 198 Å². The van der Waals surface area contributed by atoms with Gasteiger partial charge in [0.2, 0.25) is 18.0 Å². The van der Waals surface area contributed by atoms with E-state index in [-0.39, 0.29) is 47.9 Å². The summed E-state index contributed by atoms with van der Waals surface area (Å²) in [7, 11) is 2.58. The van der Waals surface area contributed by atoms with Crippen molar-refractivity contribution in [1.82, 2.24) is 44.9 Å². The number of nitrogens with one attached hydrogen (secondary N) is 4. The number of methoxy groups -OCH3 is 2. The van der Waals surface area contributed by atoms with E-state index in [4.69, 9.17) is 28.9 Å². The number of hydrogen-bond acceptors (Lipinski definition) is 11. The molecule has 19 heteroatoms. The molecule has 4 N–H and O–H groups in total. The number of halogens is 1. The molecule has 1 saturated carbocycles. The highest BCUT2D eigenvalue weighted by Gasteiger charge is 2.43. The van der Waals surface area contributed by atoms with Gasteiger partial charge in [-0.2, -0.15) is 0 Å². The number of fused-ring (bicyclic) bond motifs is 5. The fourth-order valence-electron chi connectivity index (χ4n) is 12.0. The Bertz CT molecular complexity index is 3090. The molecule has 2 aromatic carbocycles. The Balaban J connectivity index is 0.897. The van der Waals surface area contributed by atoms with Crippen molar-refractivity contribution >= 4 is 46.2 Å². The highest BCUT2D eigenvalue weighted by atomic mass is 32.1. The van der Waals surface area contributed by atoms with E-state index in [1.165, 1.54) is 31.6 Å². The maximum absolute atomic E-state index is 17.0. The van der Waals surface area contributed by atoms with Crippen molar-refractivity contribution in [3.8, 4) is 39.5 Å². The molecule has 8 heterocycles. The average Bonchev–Trinajstić information content (AvgIpc) is 4.24.